The molecule has 1 heterocycles. The van der Waals surface area contributed by atoms with Gasteiger partial charge in [-0.25, -0.2) is 14.4 Å². The van der Waals surface area contributed by atoms with Crippen molar-refractivity contribution in [3.8, 4) is 5.75 Å². The van der Waals surface area contributed by atoms with E-state index in [2.05, 4.69) is 15.0 Å². The maximum Gasteiger partial charge on any atom is 0.175 e. The normalized spacial score (nSPS) is 12.1. The molecular formula is C21H19FN4O. The van der Waals surface area contributed by atoms with E-state index in [4.69, 9.17) is 10.5 Å². The highest BCUT2D eigenvalue weighted by atomic mass is 19.1. The van der Waals surface area contributed by atoms with Crippen LogP contribution in [0.5, 0.6) is 5.75 Å². The summed E-state index contributed by atoms with van der Waals surface area (Å²) in [5, 5.41) is 0. The lowest BCUT2D eigenvalue weighted by atomic mass is 10.1. The van der Waals surface area contributed by atoms with E-state index in [1.54, 1.807) is 49.8 Å². The van der Waals surface area contributed by atoms with Gasteiger partial charge in [0.1, 0.15) is 11.6 Å². The fourth-order valence-corrected chi connectivity index (χ4v) is 2.52. The molecule has 1 aromatic heterocycles. The number of hydrogen-bond acceptors (Lipinski definition) is 5. The van der Waals surface area contributed by atoms with Crippen LogP contribution in [0.1, 0.15) is 17.0 Å². The van der Waals surface area contributed by atoms with Crippen LogP contribution in [0.3, 0.4) is 0 Å². The Morgan fingerprint density at radius 3 is 2.52 bits per heavy atom. The monoisotopic (exact) mass is 362 g/mol. The molecule has 0 fully saturated rings. The van der Waals surface area contributed by atoms with Crippen molar-refractivity contribution in [1.29, 1.82) is 0 Å². The van der Waals surface area contributed by atoms with Gasteiger partial charge in [-0.05, 0) is 30.3 Å². The van der Waals surface area contributed by atoms with E-state index in [0.29, 0.717) is 28.5 Å². The van der Waals surface area contributed by atoms with Crippen molar-refractivity contribution < 1.29 is 9.13 Å². The zero-order valence-electron chi connectivity index (χ0n) is 14.8. The first-order valence-corrected chi connectivity index (χ1v) is 8.35. The van der Waals surface area contributed by atoms with Crippen molar-refractivity contribution in [2.24, 2.45) is 10.7 Å². The predicted octanol–water partition coefficient (Wildman–Crippen LogP) is 3.61. The lowest BCUT2D eigenvalue weighted by Crippen LogP contribution is -2.08. The molecule has 5 nitrogen and oxygen atoms in total. The van der Waals surface area contributed by atoms with Crippen LogP contribution in [0, 0.1) is 5.82 Å². The summed E-state index contributed by atoms with van der Waals surface area (Å²) in [6.07, 6.45) is 4.90. The highest BCUT2D eigenvalue weighted by molar-refractivity contribution is 6.13. The molecule has 0 aliphatic carbocycles. The molecule has 0 atom stereocenters. The number of rotatable bonds is 6. The second-order valence-electron chi connectivity index (χ2n) is 5.67. The number of methoxy groups -OCH3 is 1. The van der Waals surface area contributed by atoms with Crippen LogP contribution < -0.4 is 10.5 Å². The van der Waals surface area contributed by atoms with Gasteiger partial charge in [0, 0.05) is 23.5 Å². The van der Waals surface area contributed by atoms with Crippen molar-refractivity contribution in [3.05, 3.63) is 95.8 Å². The van der Waals surface area contributed by atoms with E-state index in [-0.39, 0.29) is 12.4 Å². The Balaban J connectivity index is 2.04. The van der Waals surface area contributed by atoms with E-state index in [1.807, 2.05) is 24.3 Å². The van der Waals surface area contributed by atoms with Crippen molar-refractivity contribution in [2.45, 2.75) is 6.54 Å². The minimum atomic E-state index is -0.302. The summed E-state index contributed by atoms with van der Waals surface area (Å²) in [5.41, 5.74) is 8.31. The van der Waals surface area contributed by atoms with Gasteiger partial charge in [0.25, 0.3) is 0 Å². The highest BCUT2D eigenvalue weighted by Crippen LogP contribution is 2.21. The number of hydrogen-bond donors (Lipinski definition) is 1. The minimum Gasteiger partial charge on any atom is -0.496 e. The smallest absolute Gasteiger partial charge is 0.175 e. The van der Waals surface area contributed by atoms with Crippen LogP contribution in [0.4, 0.5) is 4.39 Å². The number of para-hydroxylation sites is 1. The highest BCUT2D eigenvalue weighted by Gasteiger charge is 2.10. The first-order chi connectivity index (χ1) is 13.2. The van der Waals surface area contributed by atoms with Crippen molar-refractivity contribution in [3.63, 3.8) is 0 Å². The van der Waals surface area contributed by atoms with Crippen LogP contribution in [-0.2, 0) is 6.54 Å². The molecule has 0 unspecified atom stereocenters. The molecule has 136 valence electrons. The number of benzene rings is 2. The number of aliphatic imine (C=N–C) groups is 1. The van der Waals surface area contributed by atoms with Crippen LogP contribution >= 0.6 is 0 Å². The van der Waals surface area contributed by atoms with Crippen molar-refractivity contribution >= 4 is 11.4 Å². The number of ether oxygens (including phenoxy) is 1. The Morgan fingerprint density at radius 2 is 1.78 bits per heavy atom. The third-order valence-electron chi connectivity index (χ3n) is 3.88. The van der Waals surface area contributed by atoms with Crippen LogP contribution in [0.2, 0.25) is 0 Å². The van der Waals surface area contributed by atoms with Gasteiger partial charge in [-0.15, -0.1) is 0 Å². The number of allylic oxidation sites excluding steroid dienone is 1. The fraction of sp³-hybridized carbons (Fsp3) is 0.0952. The third kappa shape index (κ3) is 4.55. The number of aromatic nitrogens is 2. The summed E-state index contributed by atoms with van der Waals surface area (Å²) >= 11 is 0. The second kappa shape index (κ2) is 8.71. The van der Waals surface area contributed by atoms with E-state index in [9.17, 15) is 4.39 Å². The second-order valence-corrected chi connectivity index (χ2v) is 5.67. The molecule has 0 aliphatic heterocycles. The Bertz CT molecular complexity index is 971. The summed E-state index contributed by atoms with van der Waals surface area (Å²) < 4.78 is 19.4. The molecule has 0 saturated heterocycles. The van der Waals surface area contributed by atoms with Crippen LogP contribution in [-0.4, -0.2) is 22.8 Å². The lowest BCUT2D eigenvalue weighted by Gasteiger charge is -2.10. The SMILES string of the molecule is COc1ccccc1C(C=C(N)c1ncccn1)=NCc1ccccc1F. The zero-order chi connectivity index (χ0) is 19.1. The van der Waals surface area contributed by atoms with Crippen LogP contribution in [0.15, 0.2) is 78.1 Å². The summed E-state index contributed by atoms with van der Waals surface area (Å²) in [7, 11) is 1.58. The number of nitrogens with zero attached hydrogens (tertiary/aromatic N) is 3. The number of nitrogens with two attached hydrogens (primary N) is 1. The predicted molar refractivity (Wildman–Crippen MR) is 104 cm³/mol. The standard InChI is InChI=1S/C21H19FN4O/c1-27-20-10-5-3-8-16(20)19(13-18(23)21-24-11-6-12-25-21)26-14-15-7-2-4-9-17(15)22/h2-13H,14,23H2,1H3. The van der Waals surface area contributed by atoms with Crippen molar-refractivity contribution in [1.82, 2.24) is 9.97 Å². The maximum absolute atomic E-state index is 14.0. The lowest BCUT2D eigenvalue weighted by molar-refractivity contribution is 0.414. The zero-order valence-corrected chi connectivity index (χ0v) is 14.8. The average molecular weight is 362 g/mol. The first kappa shape index (κ1) is 18.3. The van der Waals surface area contributed by atoms with E-state index < -0.39 is 0 Å². The minimum absolute atomic E-state index is 0.166. The van der Waals surface area contributed by atoms with Gasteiger partial charge in [-0.3, -0.25) is 4.99 Å². The molecule has 0 radical (unpaired) electrons. The summed E-state index contributed by atoms with van der Waals surface area (Å²) in [5.74, 6) is 0.734. The third-order valence-corrected chi connectivity index (χ3v) is 3.88. The Labute approximate surface area is 157 Å². The Kier molecular flexibility index (Phi) is 5.89. The van der Waals surface area contributed by atoms with Gasteiger partial charge < -0.3 is 10.5 Å². The largest absolute Gasteiger partial charge is 0.496 e. The van der Waals surface area contributed by atoms with Gasteiger partial charge >= 0.3 is 0 Å². The van der Waals surface area contributed by atoms with Gasteiger partial charge in [-0.2, -0.15) is 0 Å². The number of halogens is 1. The quantitative estimate of drug-likeness (QED) is 0.680. The Hall–Kier alpha value is -3.54. The fourth-order valence-electron chi connectivity index (χ4n) is 2.52. The summed E-state index contributed by atoms with van der Waals surface area (Å²) in [4.78, 5) is 12.9. The molecule has 2 N–H and O–H groups in total. The molecule has 0 aliphatic rings. The molecule has 0 spiro atoms. The van der Waals surface area contributed by atoms with E-state index in [1.165, 1.54) is 6.07 Å². The van der Waals surface area contributed by atoms with E-state index >= 15 is 0 Å². The summed E-state index contributed by atoms with van der Waals surface area (Å²) in [6.45, 7) is 0.166. The Morgan fingerprint density at radius 1 is 1.07 bits per heavy atom. The molecule has 2 aromatic carbocycles. The molecule has 27 heavy (non-hydrogen) atoms. The first-order valence-electron chi connectivity index (χ1n) is 8.35. The van der Waals surface area contributed by atoms with Gasteiger partial charge in [-0.1, -0.05) is 30.3 Å². The molecule has 0 bridgehead atoms. The van der Waals surface area contributed by atoms with Gasteiger partial charge in [0.05, 0.1) is 25.1 Å². The molecule has 6 heteroatoms. The van der Waals surface area contributed by atoms with Gasteiger partial charge in [0.15, 0.2) is 5.82 Å². The molecule has 0 amide bonds. The topological polar surface area (TPSA) is 73.4 Å². The van der Waals surface area contributed by atoms with E-state index in [0.717, 1.165) is 5.56 Å². The maximum atomic E-state index is 14.0. The average Bonchev–Trinajstić information content (AvgIpc) is 2.72. The molecule has 3 rings (SSSR count). The molecular weight excluding hydrogens is 343 g/mol. The van der Waals surface area contributed by atoms with Crippen molar-refractivity contribution in [2.75, 3.05) is 7.11 Å². The molecule has 3 aromatic rings. The summed E-state index contributed by atoms with van der Waals surface area (Å²) in [6, 6.07) is 15.7. The molecule has 0 saturated carbocycles. The van der Waals surface area contributed by atoms with Gasteiger partial charge in [0.2, 0.25) is 0 Å². The van der Waals surface area contributed by atoms with Crippen LogP contribution in [0.25, 0.3) is 5.70 Å².